The summed E-state index contributed by atoms with van der Waals surface area (Å²) in [5, 5.41) is 20.0. The SMILES string of the molecule is Cc1nc([N+](=O)[O-])c(N2CCN(C(C)C#N)CC2)n1C. The van der Waals surface area contributed by atoms with Gasteiger partial charge in [-0.25, -0.2) is 0 Å². The minimum Gasteiger partial charge on any atom is -0.358 e. The molecule has 1 unspecified atom stereocenters. The summed E-state index contributed by atoms with van der Waals surface area (Å²) >= 11 is 0. The predicted octanol–water partition coefficient (Wildman–Crippen LogP) is 0.671. The van der Waals surface area contributed by atoms with Crippen molar-refractivity contribution in [3.8, 4) is 6.07 Å². The van der Waals surface area contributed by atoms with Crippen molar-refractivity contribution < 1.29 is 4.92 Å². The maximum Gasteiger partial charge on any atom is 0.406 e. The fraction of sp³-hybridized carbons (Fsp3) is 0.667. The number of anilines is 1. The maximum absolute atomic E-state index is 11.1. The average molecular weight is 278 g/mol. The van der Waals surface area contributed by atoms with Crippen LogP contribution in [0.4, 0.5) is 11.6 Å². The molecule has 2 rings (SSSR count). The Bertz CT molecular complexity index is 553. The lowest BCUT2D eigenvalue weighted by Crippen LogP contribution is -2.49. The molecule has 0 aromatic carbocycles. The van der Waals surface area contributed by atoms with Crippen molar-refractivity contribution in [2.75, 3.05) is 31.1 Å². The molecule has 20 heavy (non-hydrogen) atoms. The van der Waals surface area contributed by atoms with Gasteiger partial charge in [0.2, 0.25) is 11.6 Å². The molecular formula is C12H18N6O2. The zero-order valence-electron chi connectivity index (χ0n) is 11.9. The van der Waals surface area contributed by atoms with E-state index in [0.717, 1.165) is 13.1 Å². The summed E-state index contributed by atoms with van der Waals surface area (Å²) < 4.78 is 1.75. The summed E-state index contributed by atoms with van der Waals surface area (Å²) in [6.45, 7) is 6.38. The van der Waals surface area contributed by atoms with Gasteiger partial charge >= 0.3 is 5.82 Å². The fourth-order valence-electron chi connectivity index (χ4n) is 2.46. The van der Waals surface area contributed by atoms with Crippen LogP contribution in [0.2, 0.25) is 0 Å². The first kappa shape index (κ1) is 14.3. The first-order valence-corrected chi connectivity index (χ1v) is 6.52. The molecule has 1 atom stereocenters. The van der Waals surface area contributed by atoms with Crippen LogP contribution in [-0.4, -0.2) is 51.6 Å². The highest BCUT2D eigenvalue weighted by Crippen LogP contribution is 2.28. The summed E-state index contributed by atoms with van der Waals surface area (Å²) in [5.74, 6) is 1.09. The fourth-order valence-corrected chi connectivity index (χ4v) is 2.46. The molecule has 1 aromatic rings. The molecule has 8 nitrogen and oxygen atoms in total. The molecule has 0 aliphatic carbocycles. The van der Waals surface area contributed by atoms with E-state index in [1.54, 1.807) is 18.5 Å². The molecule has 2 heterocycles. The number of aromatic nitrogens is 2. The molecule has 0 spiro atoms. The smallest absolute Gasteiger partial charge is 0.358 e. The number of aryl methyl sites for hydroxylation is 1. The summed E-state index contributed by atoms with van der Waals surface area (Å²) in [6.07, 6.45) is 0. The molecular weight excluding hydrogens is 260 g/mol. The van der Waals surface area contributed by atoms with Gasteiger partial charge in [0, 0.05) is 40.2 Å². The Hall–Kier alpha value is -2.14. The molecule has 1 saturated heterocycles. The number of hydrogen-bond donors (Lipinski definition) is 0. The minimum absolute atomic E-state index is 0.0909. The van der Waals surface area contributed by atoms with E-state index in [2.05, 4.69) is 16.0 Å². The Morgan fingerprint density at radius 1 is 1.40 bits per heavy atom. The zero-order valence-corrected chi connectivity index (χ0v) is 11.9. The van der Waals surface area contributed by atoms with Crippen molar-refractivity contribution in [2.45, 2.75) is 19.9 Å². The van der Waals surface area contributed by atoms with E-state index in [9.17, 15) is 10.1 Å². The van der Waals surface area contributed by atoms with E-state index in [4.69, 9.17) is 5.26 Å². The highest BCUT2D eigenvalue weighted by molar-refractivity contribution is 5.56. The first-order valence-electron chi connectivity index (χ1n) is 6.52. The zero-order chi connectivity index (χ0) is 14.9. The third-order valence-electron chi connectivity index (χ3n) is 3.79. The van der Waals surface area contributed by atoms with Gasteiger partial charge < -0.3 is 15.0 Å². The lowest BCUT2D eigenvalue weighted by atomic mass is 10.2. The van der Waals surface area contributed by atoms with Crippen molar-refractivity contribution in [3.05, 3.63) is 15.9 Å². The van der Waals surface area contributed by atoms with Crippen LogP contribution >= 0.6 is 0 Å². The third-order valence-corrected chi connectivity index (χ3v) is 3.79. The van der Waals surface area contributed by atoms with Crippen LogP contribution < -0.4 is 4.90 Å². The van der Waals surface area contributed by atoms with E-state index >= 15 is 0 Å². The third kappa shape index (κ3) is 2.44. The molecule has 0 amide bonds. The van der Waals surface area contributed by atoms with Gasteiger partial charge in [0.25, 0.3) is 0 Å². The first-order chi connectivity index (χ1) is 9.45. The number of piperazine rings is 1. The Kier molecular flexibility index (Phi) is 3.90. The van der Waals surface area contributed by atoms with E-state index in [1.807, 2.05) is 11.8 Å². The second kappa shape index (κ2) is 5.46. The summed E-state index contributed by atoms with van der Waals surface area (Å²) in [6, 6.07) is 2.09. The molecule has 0 N–H and O–H groups in total. The number of nitro groups is 1. The van der Waals surface area contributed by atoms with Crippen LogP contribution in [0.3, 0.4) is 0 Å². The van der Waals surface area contributed by atoms with Crippen molar-refractivity contribution in [1.29, 1.82) is 5.26 Å². The topological polar surface area (TPSA) is 91.2 Å². The number of nitriles is 1. The largest absolute Gasteiger partial charge is 0.406 e. The molecule has 1 aliphatic heterocycles. The Labute approximate surface area is 117 Å². The van der Waals surface area contributed by atoms with Crippen LogP contribution in [-0.2, 0) is 7.05 Å². The lowest BCUT2D eigenvalue weighted by molar-refractivity contribution is -0.388. The van der Waals surface area contributed by atoms with Crippen molar-refractivity contribution in [1.82, 2.24) is 14.5 Å². The van der Waals surface area contributed by atoms with Crippen LogP contribution in [0, 0.1) is 28.4 Å². The highest BCUT2D eigenvalue weighted by atomic mass is 16.6. The molecule has 1 aliphatic rings. The van der Waals surface area contributed by atoms with Gasteiger partial charge in [0.15, 0.2) is 0 Å². The predicted molar refractivity (Wildman–Crippen MR) is 73.5 cm³/mol. The van der Waals surface area contributed by atoms with E-state index in [-0.39, 0.29) is 11.9 Å². The molecule has 108 valence electrons. The number of imidazole rings is 1. The minimum atomic E-state index is -0.438. The van der Waals surface area contributed by atoms with Gasteiger partial charge in [-0.05, 0) is 16.8 Å². The van der Waals surface area contributed by atoms with E-state index in [0.29, 0.717) is 24.7 Å². The van der Waals surface area contributed by atoms with Crippen molar-refractivity contribution >= 4 is 11.6 Å². The lowest BCUT2D eigenvalue weighted by Gasteiger charge is -2.36. The molecule has 0 saturated carbocycles. The van der Waals surface area contributed by atoms with Crippen LogP contribution in [0.5, 0.6) is 0 Å². The normalized spacial score (nSPS) is 17.8. The molecule has 0 bridgehead atoms. The van der Waals surface area contributed by atoms with E-state index < -0.39 is 4.92 Å². The highest BCUT2D eigenvalue weighted by Gasteiger charge is 2.31. The van der Waals surface area contributed by atoms with Crippen molar-refractivity contribution in [3.63, 3.8) is 0 Å². The van der Waals surface area contributed by atoms with Gasteiger partial charge in [-0.15, -0.1) is 0 Å². The second-order valence-electron chi connectivity index (χ2n) is 4.95. The monoisotopic (exact) mass is 278 g/mol. The van der Waals surface area contributed by atoms with Crippen LogP contribution in [0.25, 0.3) is 0 Å². The van der Waals surface area contributed by atoms with Crippen LogP contribution in [0.1, 0.15) is 12.7 Å². The quantitative estimate of drug-likeness (QED) is 0.596. The van der Waals surface area contributed by atoms with Crippen LogP contribution in [0.15, 0.2) is 0 Å². The standard InChI is InChI=1S/C12H18N6O2/c1-9(8-13)16-4-6-17(7-5-16)12-11(18(19)20)14-10(2)15(12)3/h9H,4-7H2,1-3H3. The van der Waals surface area contributed by atoms with Gasteiger partial charge in [-0.1, -0.05) is 0 Å². The number of rotatable bonds is 3. The average Bonchev–Trinajstić information content (AvgIpc) is 2.74. The van der Waals surface area contributed by atoms with Gasteiger partial charge in [-0.2, -0.15) is 5.26 Å². The molecule has 1 fully saturated rings. The number of hydrogen-bond acceptors (Lipinski definition) is 6. The Morgan fingerprint density at radius 2 is 2.00 bits per heavy atom. The summed E-state index contributed by atoms with van der Waals surface area (Å²) in [5.41, 5.74) is 0. The summed E-state index contributed by atoms with van der Waals surface area (Å²) in [4.78, 5) is 18.7. The summed E-state index contributed by atoms with van der Waals surface area (Å²) in [7, 11) is 1.79. The Balaban J connectivity index is 2.19. The number of nitrogens with zero attached hydrogens (tertiary/aromatic N) is 6. The second-order valence-corrected chi connectivity index (χ2v) is 4.95. The Morgan fingerprint density at radius 3 is 2.50 bits per heavy atom. The molecule has 1 aromatic heterocycles. The molecule has 0 radical (unpaired) electrons. The maximum atomic E-state index is 11.1. The molecule has 8 heteroatoms. The van der Waals surface area contributed by atoms with Crippen molar-refractivity contribution in [2.24, 2.45) is 7.05 Å². The van der Waals surface area contributed by atoms with Gasteiger partial charge in [0.1, 0.15) is 0 Å². The van der Waals surface area contributed by atoms with Gasteiger partial charge in [0.05, 0.1) is 12.1 Å². The van der Waals surface area contributed by atoms with E-state index in [1.165, 1.54) is 0 Å². The van der Waals surface area contributed by atoms with Gasteiger partial charge in [-0.3, -0.25) is 9.47 Å².